The highest BCUT2D eigenvalue weighted by molar-refractivity contribution is 6.39. The summed E-state index contributed by atoms with van der Waals surface area (Å²) >= 11 is 5.57. The predicted octanol–water partition coefficient (Wildman–Crippen LogP) is 1.94. The fraction of sp³-hybridized carbons (Fsp3) is 0.429. The summed E-state index contributed by atoms with van der Waals surface area (Å²) in [5.41, 5.74) is -0.202. The first kappa shape index (κ1) is 17.4. The van der Waals surface area contributed by atoms with Crippen molar-refractivity contribution < 1.29 is 19.1 Å². The Kier molecular flexibility index (Phi) is 5.69. The number of benzene rings is 1. The topological polar surface area (TPSA) is 78.4 Å². The van der Waals surface area contributed by atoms with Crippen LogP contribution in [0.15, 0.2) is 18.2 Å². The van der Waals surface area contributed by atoms with Gasteiger partial charge in [-0.25, -0.2) is 4.39 Å². The lowest BCUT2D eigenvalue weighted by Crippen LogP contribution is -2.43. The van der Waals surface area contributed by atoms with Gasteiger partial charge >= 0.3 is 11.8 Å². The molecule has 0 fully saturated rings. The first-order chi connectivity index (χ1) is 9.61. The van der Waals surface area contributed by atoms with Gasteiger partial charge in [-0.3, -0.25) is 9.59 Å². The summed E-state index contributed by atoms with van der Waals surface area (Å²) in [5, 5.41) is 14.2. The second kappa shape index (κ2) is 6.87. The van der Waals surface area contributed by atoms with Gasteiger partial charge in [0.2, 0.25) is 0 Å². The smallest absolute Gasteiger partial charge is 0.313 e. The summed E-state index contributed by atoms with van der Waals surface area (Å²) in [6.45, 7) is 5.39. The van der Waals surface area contributed by atoms with E-state index >= 15 is 0 Å². The molecule has 0 spiro atoms. The number of halogens is 2. The Hall–Kier alpha value is -1.66. The Labute approximate surface area is 127 Å². The minimum absolute atomic E-state index is 0.0417. The second-order valence-corrected chi connectivity index (χ2v) is 6.08. The van der Waals surface area contributed by atoms with E-state index in [4.69, 9.17) is 11.6 Å². The minimum Gasteiger partial charge on any atom is -0.391 e. The van der Waals surface area contributed by atoms with E-state index in [1.165, 1.54) is 12.1 Å². The highest BCUT2D eigenvalue weighted by Crippen LogP contribution is 2.19. The van der Waals surface area contributed by atoms with Crippen LogP contribution in [0.25, 0.3) is 0 Å². The molecule has 0 radical (unpaired) electrons. The van der Waals surface area contributed by atoms with E-state index in [2.05, 4.69) is 10.6 Å². The molecular formula is C14H18ClFN2O3. The van der Waals surface area contributed by atoms with Crippen LogP contribution in [-0.4, -0.2) is 29.6 Å². The molecule has 21 heavy (non-hydrogen) atoms. The molecule has 3 N–H and O–H groups in total. The van der Waals surface area contributed by atoms with Crippen LogP contribution < -0.4 is 10.6 Å². The van der Waals surface area contributed by atoms with Crippen molar-refractivity contribution in [3.63, 3.8) is 0 Å². The minimum atomic E-state index is -0.918. The van der Waals surface area contributed by atoms with Crippen molar-refractivity contribution in [2.75, 3.05) is 11.9 Å². The number of amides is 2. The molecule has 0 aliphatic carbocycles. The molecular weight excluding hydrogens is 299 g/mol. The molecule has 0 saturated carbocycles. The Morgan fingerprint density at radius 1 is 1.33 bits per heavy atom. The molecule has 0 saturated heterocycles. The third-order valence-electron chi connectivity index (χ3n) is 2.84. The summed E-state index contributed by atoms with van der Waals surface area (Å²) in [5.74, 6) is -2.43. The molecule has 7 heteroatoms. The largest absolute Gasteiger partial charge is 0.391 e. The molecule has 5 nitrogen and oxygen atoms in total. The standard InChI is InChI=1S/C14H18ClFN2O3/c1-14(2,3)11(19)7-17-12(20)13(21)18-8-4-5-10(16)9(15)6-8/h4-6,11,19H,7H2,1-3H3,(H,17,20)(H,18,21). The molecule has 1 unspecified atom stereocenters. The van der Waals surface area contributed by atoms with Gasteiger partial charge in [0.15, 0.2) is 0 Å². The number of aliphatic hydroxyl groups is 1. The molecule has 1 atom stereocenters. The van der Waals surface area contributed by atoms with E-state index in [1.54, 1.807) is 0 Å². The summed E-state index contributed by atoms with van der Waals surface area (Å²) in [4.78, 5) is 23.2. The van der Waals surface area contributed by atoms with Crippen molar-refractivity contribution in [3.05, 3.63) is 29.0 Å². The maximum absolute atomic E-state index is 13.0. The van der Waals surface area contributed by atoms with Crippen LogP contribution in [0.3, 0.4) is 0 Å². The lowest BCUT2D eigenvalue weighted by Gasteiger charge is -2.25. The Bertz CT molecular complexity index is 544. The molecule has 1 aromatic rings. The zero-order chi connectivity index (χ0) is 16.2. The zero-order valence-electron chi connectivity index (χ0n) is 12.0. The molecule has 1 rings (SSSR count). The van der Waals surface area contributed by atoms with E-state index in [0.29, 0.717) is 0 Å². The van der Waals surface area contributed by atoms with Crippen LogP contribution in [-0.2, 0) is 9.59 Å². The van der Waals surface area contributed by atoms with Crippen molar-refractivity contribution in [1.29, 1.82) is 0 Å². The van der Waals surface area contributed by atoms with Crippen molar-refractivity contribution >= 4 is 29.1 Å². The van der Waals surface area contributed by atoms with E-state index in [1.807, 2.05) is 20.8 Å². The number of carbonyl (C=O) groups is 2. The summed E-state index contributed by atoms with van der Waals surface area (Å²) < 4.78 is 13.0. The van der Waals surface area contributed by atoms with Crippen molar-refractivity contribution in [2.45, 2.75) is 26.9 Å². The van der Waals surface area contributed by atoms with E-state index in [0.717, 1.165) is 6.07 Å². The van der Waals surface area contributed by atoms with Gasteiger partial charge in [-0.15, -0.1) is 0 Å². The van der Waals surface area contributed by atoms with Gasteiger partial charge < -0.3 is 15.7 Å². The van der Waals surface area contributed by atoms with E-state index < -0.39 is 29.2 Å². The third-order valence-corrected chi connectivity index (χ3v) is 3.13. The molecule has 0 aliphatic heterocycles. The number of rotatable bonds is 3. The number of hydrogen-bond acceptors (Lipinski definition) is 3. The average molecular weight is 317 g/mol. The first-order valence-corrected chi connectivity index (χ1v) is 6.71. The van der Waals surface area contributed by atoms with Crippen LogP contribution in [0.1, 0.15) is 20.8 Å². The van der Waals surface area contributed by atoms with Crippen LogP contribution in [0.5, 0.6) is 0 Å². The van der Waals surface area contributed by atoms with Gasteiger partial charge in [0.1, 0.15) is 5.82 Å². The Morgan fingerprint density at radius 2 is 1.95 bits per heavy atom. The molecule has 0 aromatic heterocycles. The van der Waals surface area contributed by atoms with Gasteiger partial charge in [0.25, 0.3) is 0 Å². The van der Waals surface area contributed by atoms with Crippen molar-refractivity contribution in [2.24, 2.45) is 5.41 Å². The van der Waals surface area contributed by atoms with E-state index in [-0.39, 0.29) is 17.3 Å². The normalized spacial score (nSPS) is 12.7. The fourth-order valence-corrected chi connectivity index (χ4v) is 1.52. The van der Waals surface area contributed by atoms with Crippen molar-refractivity contribution in [3.8, 4) is 0 Å². The SMILES string of the molecule is CC(C)(C)C(O)CNC(=O)C(=O)Nc1ccc(F)c(Cl)c1. The number of aliphatic hydroxyl groups excluding tert-OH is 1. The number of hydrogen-bond donors (Lipinski definition) is 3. The number of nitrogens with one attached hydrogen (secondary N) is 2. The third kappa shape index (κ3) is 5.32. The van der Waals surface area contributed by atoms with Crippen LogP contribution in [0.2, 0.25) is 5.02 Å². The van der Waals surface area contributed by atoms with Crippen LogP contribution in [0.4, 0.5) is 10.1 Å². The first-order valence-electron chi connectivity index (χ1n) is 6.33. The fourth-order valence-electron chi connectivity index (χ4n) is 1.34. The molecule has 2 amide bonds. The molecule has 1 aromatic carbocycles. The van der Waals surface area contributed by atoms with Gasteiger partial charge in [-0.05, 0) is 23.6 Å². The summed E-state index contributed by atoms with van der Waals surface area (Å²) in [6.07, 6.45) is -0.783. The Balaban J connectivity index is 2.55. The lowest BCUT2D eigenvalue weighted by atomic mass is 9.89. The number of carbonyl (C=O) groups excluding carboxylic acids is 2. The maximum Gasteiger partial charge on any atom is 0.313 e. The Morgan fingerprint density at radius 3 is 2.48 bits per heavy atom. The van der Waals surface area contributed by atoms with Gasteiger partial charge in [-0.2, -0.15) is 0 Å². The monoisotopic (exact) mass is 316 g/mol. The predicted molar refractivity (Wildman–Crippen MR) is 78.5 cm³/mol. The highest BCUT2D eigenvalue weighted by atomic mass is 35.5. The quantitative estimate of drug-likeness (QED) is 0.746. The molecule has 116 valence electrons. The molecule has 0 heterocycles. The highest BCUT2D eigenvalue weighted by Gasteiger charge is 2.23. The van der Waals surface area contributed by atoms with Gasteiger partial charge in [0, 0.05) is 12.2 Å². The molecule has 0 bridgehead atoms. The maximum atomic E-state index is 13.0. The van der Waals surface area contributed by atoms with Gasteiger partial charge in [-0.1, -0.05) is 32.4 Å². The van der Waals surface area contributed by atoms with Crippen molar-refractivity contribution in [1.82, 2.24) is 5.32 Å². The van der Waals surface area contributed by atoms with Crippen LogP contribution >= 0.6 is 11.6 Å². The summed E-state index contributed by atoms with van der Waals surface area (Å²) in [6, 6.07) is 3.57. The molecule has 0 aliphatic rings. The summed E-state index contributed by atoms with van der Waals surface area (Å²) in [7, 11) is 0. The zero-order valence-corrected chi connectivity index (χ0v) is 12.8. The second-order valence-electron chi connectivity index (χ2n) is 5.67. The number of anilines is 1. The lowest BCUT2D eigenvalue weighted by molar-refractivity contribution is -0.136. The van der Waals surface area contributed by atoms with Crippen LogP contribution in [0, 0.1) is 11.2 Å². The average Bonchev–Trinajstić information content (AvgIpc) is 2.38. The van der Waals surface area contributed by atoms with E-state index in [9.17, 15) is 19.1 Å². The van der Waals surface area contributed by atoms with Gasteiger partial charge in [0.05, 0.1) is 11.1 Å².